The van der Waals surface area contributed by atoms with E-state index in [2.05, 4.69) is 25.1 Å². The molecule has 1 aliphatic heterocycles. The molecule has 0 N–H and O–H groups in total. The molecule has 0 spiro atoms. The van der Waals surface area contributed by atoms with Gasteiger partial charge in [-0.3, -0.25) is 14.8 Å². The van der Waals surface area contributed by atoms with E-state index < -0.39 is 0 Å². The number of nitrogens with zero attached hydrogens (tertiary/aromatic N) is 6. The molecular formula is C15H12N6O2. The van der Waals surface area contributed by atoms with Crippen LogP contribution in [-0.2, 0) is 0 Å². The van der Waals surface area contributed by atoms with Crippen LogP contribution in [0, 0.1) is 0 Å². The largest absolute Gasteiger partial charge is 0.339 e. The Kier molecular flexibility index (Phi) is 3.26. The predicted molar refractivity (Wildman–Crippen MR) is 78.2 cm³/mol. The van der Waals surface area contributed by atoms with Crippen LogP contribution in [0.4, 0.5) is 0 Å². The summed E-state index contributed by atoms with van der Waals surface area (Å²) in [6, 6.07) is 3.64. The monoisotopic (exact) mass is 308 g/mol. The maximum Gasteiger partial charge on any atom is 0.274 e. The third-order valence-electron chi connectivity index (χ3n) is 3.68. The van der Waals surface area contributed by atoms with Crippen LogP contribution in [0.1, 0.15) is 22.3 Å². The predicted octanol–water partition coefficient (Wildman–Crippen LogP) is 1.16. The van der Waals surface area contributed by atoms with Crippen molar-refractivity contribution in [3.63, 3.8) is 0 Å². The minimum absolute atomic E-state index is 0.0544. The van der Waals surface area contributed by atoms with E-state index >= 15 is 0 Å². The number of carbonyl (C=O) groups excluding carboxylic acids is 1. The van der Waals surface area contributed by atoms with E-state index in [0.29, 0.717) is 30.5 Å². The average Bonchev–Trinajstić information content (AvgIpc) is 3.05. The van der Waals surface area contributed by atoms with Crippen molar-refractivity contribution in [2.75, 3.05) is 13.1 Å². The van der Waals surface area contributed by atoms with Gasteiger partial charge >= 0.3 is 0 Å². The molecule has 3 aromatic heterocycles. The number of amides is 1. The molecule has 1 amide bonds. The van der Waals surface area contributed by atoms with E-state index in [4.69, 9.17) is 4.52 Å². The fourth-order valence-electron chi connectivity index (χ4n) is 2.39. The van der Waals surface area contributed by atoms with Crippen LogP contribution >= 0.6 is 0 Å². The van der Waals surface area contributed by atoms with Gasteiger partial charge in [0.1, 0.15) is 5.69 Å². The molecule has 0 radical (unpaired) electrons. The Labute approximate surface area is 131 Å². The van der Waals surface area contributed by atoms with Crippen molar-refractivity contribution in [1.29, 1.82) is 0 Å². The lowest BCUT2D eigenvalue weighted by Gasteiger charge is -2.36. The van der Waals surface area contributed by atoms with Gasteiger partial charge in [-0.25, -0.2) is 4.98 Å². The smallest absolute Gasteiger partial charge is 0.274 e. The van der Waals surface area contributed by atoms with E-state index in [-0.39, 0.29) is 11.8 Å². The average molecular weight is 308 g/mol. The van der Waals surface area contributed by atoms with Crippen molar-refractivity contribution >= 4 is 5.91 Å². The molecule has 8 nitrogen and oxygen atoms in total. The van der Waals surface area contributed by atoms with E-state index in [9.17, 15) is 4.79 Å². The number of likely N-dealkylation sites (tertiary alicyclic amines) is 1. The molecule has 0 bridgehead atoms. The van der Waals surface area contributed by atoms with Crippen LogP contribution in [0.3, 0.4) is 0 Å². The second kappa shape index (κ2) is 5.56. The number of hydrogen-bond donors (Lipinski definition) is 0. The van der Waals surface area contributed by atoms with Crippen molar-refractivity contribution in [2.24, 2.45) is 0 Å². The summed E-state index contributed by atoms with van der Waals surface area (Å²) in [4.78, 5) is 30.1. The van der Waals surface area contributed by atoms with Gasteiger partial charge in [-0.05, 0) is 12.1 Å². The summed E-state index contributed by atoms with van der Waals surface area (Å²) < 4.78 is 5.31. The van der Waals surface area contributed by atoms with Crippen LogP contribution < -0.4 is 0 Å². The second-order valence-electron chi connectivity index (χ2n) is 5.19. The number of carbonyl (C=O) groups is 1. The fraction of sp³-hybridized carbons (Fsp3) is 0.200. The molecule has 114 valence electrons. The van der Waals surface area contributed by atoms with Gasteiger partial charge in [0, 0.05) is 43.4 Å². The highest BCUT2D eigenvalue weighted by Crippen LogP contribution is 2.28. The van der Waals surface area contributed by atoms with Crippen molar-refractivity contribution in [3.8, 4) is 11.4 Å². The third kappa shape index (κ3) is 2.54. The molecule has 4 rings (SSSR count). The van der Waals surface area contributed by atoms with Gasteiger partial charge in [0.15, 0.2) is 0 Å². The highest BCUT2D eigenvalue weighted by Gasteiger charge is 2.36. The summed E-state index contributed by atoms with van der Waals surface area (Å²) in [7, 11) is 0. The molecule has 0 aliphatic carbocycles. The van der Waals surface area contributed by atoms with E-state index in [1.165, 1.54) is 18.6 Å². The van der Waals surface area contributed by atoms with Gasteiger partial charge in [-0.1, -0.05) is 5.16 Å². The molecular weight excluding hydrogens is 296 g/mol. The molecule has 0 unspecified atom stereocenters. The van der Waals surface area contributed by atoms with Crippen molar-refractivity contribution in [3.05, 3.63) is 54.7 Å². The Hall–Kier alpha value is -3.16. The Morgan fingerprint density at radius 2 is 1.96 bits per heavy atom. The summed E-state index contributed by atoms with van der Waals surface area (Å²) in [5.74, 6) is 0.989. The zero-order valence-corrected chi connectivity index (χ0v) is 12.0. The summed E-state index contributed by atoms with van der Waals surface area (Å²) in [5.41, 5.74) is 1.19. The molecule has 0 aromatic carbocycles. The van der Waals surface area contributed by atoms with Crippen molar-refractivity contribution in [1.82, 2.24) is 30.0 Å². The summed E-state index contributed by atoms with van der Waals surface area (Å²) in [6.45, 7) is 1.07. The van der Waals surface area contributed by atoms with Gasteiger partial charge in [-0.15, -0.1) is 0 Å². The maximum atomic E-state index is 12.2. The fourth-order valence-corrected chi connectivity index (χ4v) is 2.39. The van der Waals surface area contributed by atoms with Crippen LogP contribution in [0.25, 0.3) is 11.4 Å². The third-order valence-corrected chi connectivity index (χ3v) is 3.68. The normalized spacial score (nSPS) is 14.5. The first-order valence-electron chi connectivity index (χ1n) is 7.10. The van der Waals surface area contributed by atoms with Crippen LogP contribution in [0.15, 0.2) is 47.6 Å². The molecule has 4 heterocycles. The Morgan fingerprint density at radius 3 is 2.70 bits per heavy atom. The van der Waals surface area contributed by atoms with Gasteiger partial charge in [-0.2, -0.15) is 4.98 Å². The number of rotatable bonds is 3. The van der Waals surface area contributed by atoms with Gasteiger partial charge in [0.05, 0.1) is 12.1 Å². The highest BCUT2D eigenvalue weighted by molar-refractivity contribution is 5.92. The van der Waals surface area contributed by atoms with Crippen LogP contribution in [-0.4, -0.2) is 49.0 Å². The van der Waals surface area contributed by atoms with Crippen molar-refractivity contribution in [2.45, 2.75) is 5.92 Å². The molecule has 1 fully saturated rings. The molecule has 1 saturated heterocycles. The topological polar surface area (TPSA) is 97.9 Å². The summed E-state index contributed by atoms with van der Waals surface area (Å²) in [5, 5.41) is 3.98. The molecule has 8 heteroatoms. The van der Waals surface area contributed by atoms with Crippen LogP contribution in [0.5, 0.6) is 0 Å². The highest BCUT2D eigenvalue weighted by atomic mass is 16.5. The van der Waals surface area contributed by atoms with Crippen molar-refractivity contribution < 1.29 is 9.32 Å². The summed E-state index contributed by atoms with van der Waals surface area (Å²) in [6.07, 6.45) is 7.86. The SMILES string of the molecule is O=C(c1cnccn1)N1CC(c2nc(-c3ccncc3)no2)C1. The molecule has 1 aliphatic rings. The number of aromatic nitrogens is 5. The second-order valence-corrected chi connectivity index (χ2v) is 5.19. The Bertz CT molecular complexity index is 814. The lowest BCUT2D eigenvalue weighted by molar-refractivity contribution is 0.0562. The standard InChI is InChI=1S/C15H12N6O2/c22-15(12-7-17-5-6-18-12)21-8-11(9-21)14-19-13(20-23-14)10-1-3-16-4-2-10/h1-7,11H,8-9H2. The number of pyridine rings is 1. The first-order valence-corrected chi connectivity index (χ1v) is 7.10. The Balaban J connectivity index is 1.43. The molecule has 23 heavy (non-hydrogen) atoms. The summed E-state index contributed by atoms with van der Waals surface area (Å²) >= 11 is 0. The molecule has 0 saturated carbocycles. The van der Waals surface area contributed by atoms with E-state index in [1.54, 1.807) is 17.3 Å². The van der Waals surface area contributed by atoms with Gasteiger partial charge < -0.3 is 9.42 Å². The van der Waals surface area contributed by atoms with E-state index in [1.807, 2.05) is 12.1 Å². The lowest BCUT2D eigenvalue weighted by Crippen LogP contribution is -2.48. The van der Waals surface area contributed by atoms with Crippen LogP contribution in [0.2, 0.25) is 0 Å². The maximum absolute atomic E-state index is 12.2. The zero-order chi connectivity index (χ0) is 15.6. The number of hydrogen-bond acceptors (Lipinski definition) is 7. The quantitative estimate of drug-likeness (QED) is 0.716. The Morgan fingerprint density at radius 1 is 1.13 bits per heavy atom. The minimum atomic E-state index is -0.136. The van der Waals surface area contributed by atoms with Gasteiger partial charge in [0.25, 0.3) is 5.91 Å². The lowest BCUT2D eigenvalue weighted by atomic mass is 9.99. The van der Waals surface area contributed by atoms with E-state index in [0.717, 1.165) is 5.56 Å². The first-order chi connectivity index (χ1) is 11.3. The first kappa shape index (κ1) is 13.5. The molecule has 0 atom stereocenters. The zero-order valence-electron chi connectivity index (χ0n) is 12.0. The van der Waals surface area contributed by atoms with Gasteiger partial charge in [0.2, 0.25) is 11.7 Å². The molecule has 3 aromatic rings. The minimum Gasteiger partial charge on any atom is -0.339 e.